The van der Waals surface area contributed by atoms with Crippen LogP contribution >= 0.6 is 0 Å². The molecule has 1 aliphatic rings. The fourth-order valence-corrected chi connectivity index (χ4v) is 1.62. The van der Waals surface area contributed by atoms with Crippen LogP contribution in [0.3, 0.4) is 0 Å². The molecule has 0 aliphatic heterocycles. The summed E-state index contributed by atoms with van der Waals surface area (Å²) >= 11 is 0. The zero-order chi connectivity index (χ0) is 9.03. The van der Waals surface area contributed by atoms with Crippen molar-refractivity contribution in [2.24, 2.45) is 5.92 Å². The molecule has 1 rings (SSSR count). The second kappa shape index (κ2) is 3.96. The molecule has 0 bridgehead atoms. The normalized spacial score (nSPS) is 21.4. The van der Waals surface area contributed by atoms with E-state index in [-0.39, 0.29) is 0 Å². The molecule has 1 nitrogen and oxygen atoms in total. The standard InChI is InChI=1S/C11H18O/c1-3-4-5-8-11(2,12)9-10-6-7-10/h1,10,12H,4-9H2,2H3. The topological polar surface area (TPSA) is 20.2 Å². The molecule has 1 unspecified atom stereocenters. The Bertz CT molecular complexity index is 172. The lowest BCUT2D eigenvalue weighted by atomic mass is 9.93. The molecule has 12 heavy (non-hydrogen) atoms. The van der Waals surface area contributed by atoms with E-state index in [1.54, 1.807) is 0 Å². The van der Waals surface area contributed by atoms with Crippen LogP contribution in [0.2, 0.25) is 0 Å². The first-order valence-corrected chi connectivity index (χ1v) is 4.80. The molecule has 0 amide bonds. The maximum atomic E-state index is 9.88. The molecule has 0 aromatic heterocycles. The molecular formula is C11H18O. The van der Waals surface area contributed by atoms with Gasteiger partial charge in [-0.25, -0.2) is 0 Å². The Labute approximate surface area is 75.2 Å². The minimum atomic E-state index is -0.460. The lowest BCUT2D eigenvalue weighted by Crippen LogP contribution is -2.24. The summed E-state index contributed by atoms with van der Waals surface area (Å²) in [6, 6.07) is 0. The highest BCUT2D eigenvalue weighted by Crippen LogP contribution is 2.38. The Morgan fingerprint density at radius 1 is 1.58 bits per heavy atom. The summed E-state index contributed by atoms with van der Waals surface area (Å²) in [6.45, 7) is 1.93. The molecule has 1 fully saturated rings. The quantitative estimate of drug-likeness (QED) is 0.491. The highest BCUT2D eigenvalue weighted by molar-refractivity contribution is 4.87. The zero-order valence-corrected chi connectivity index (χ0v) is 7.84. The van der Waals surface area contributed by atoms with E-state index >= 15 is 0 Å². The molecular weight excluding hydrogens is 148 g/mol. The average molecular weight is 166 g/mol. The molecule has 1 aliphatic carbocycles. The molecule has 1 N–H and O–H groups in total. The molecule has 1 atom stereocenters. The van der Waals surface area contributed by atoms with Crippen LogP contribution in [-0.4, -0.2) is 10.7 Å². The van der Waals surface area contributed by atoms with Crippen molar-refractivity contribution in [2.45, 2.75) is 51.0 Å². The second-order valence-electron chi connectivity index (χ2n) is 4.20. The first-order valence-electron chi connectivity index (χ1n) is 4.80. The van der Waals surface area contributed by atoms with E-state index in [1.807, 2.05) is 6.92 Å². The number of rotatable bonds is 5. The summed E-state index contributed by atoms with van der Waals surface area (Å²) in [6.07, 6.45) is 11.3. The van der Waals surface area contributed by atoms with Crippen molar-refractivity contribution < 1.29 is 5.11 Å². The third-order valence-electron chi connectivity index (χ3n) is 2.46. The van der Waals surface area contributed by atoms with Gasteiger partial charge >= 0.3 is 0 Å². The Balaban J connectivity index is 2.13. The zero-order valence-electron chi connectivity index (χ0n) is 7.84. The fraction of sp³-hybridized carbons (Fsp3) is 0.818. The Kier molecular flexibility index (Phi) is 3.17. The van der Waals surface area contributed by atoms with E-state index in [1.165, 1.54) is 12.8 Å². The first-order chi connectivity index (χ1) is 5.64. The largest absolute Gasteiger partial charge is 0.390 e. The monoisotopic (exact) mass is 166 g/mol. The summed E-state index contributed by atoms with van der Waals surface area (Å²) in [7, 11) is 0. The molecule has 0 radical (unpaired) electrons. The predicted octanol–water partition coefficient (Wildman–Crippen LogP) is 2.34. The van der Waals surface area contributed by atoms with E-state index in [9.17, 15) is 5.11 Å². The second-order valence-corrected chi connectivity index (χ2v) is 4.20. The van der Waals surface area contributed by atoms with Crippen LogP contribution in [0.4, 0.5) is 0 Å². The van der Waals surface area contributed by atoms with Crippen molar-refractivity contribution in [2.75, 3.05) is 0 Å². The van der Waals surface area contributed by atoms with Gasteiger partial charge in [-0.05, 0) is 32.1 Å². The Morgan fingerprint density at radius 3 is 2.75 bits per heavy atom. The summed E-state index contributed by atoms with van der Waals surface area (Å²) in [5.41, 5.74) is -0.460. The van der Waals surface area contributed by atoms with Crippen LogP contribution in [0.5, 0.6) is 0 Å². The summed E-state index contributed by atoms with van der Waals surface area (Å²) in [5, 5.41) is 9.88. The molecule has 0 saturated heterocycles. The number of hydrogen-bond donors (Lipinski definition) is 1. The van der Waals surface area contributed by atoms with Gasteiger partial charge in [0.15, 0.2) is 0 Å². The minimum Gasteiger partial charge on any atom is -0.390 e. The van der Waals surface area contributed by atoms with Crippen molar-refractivity contribution >= 4 is 0 Å². The van der Waals surface area contributed by atoms with E-state index < -0.39 is 5.60 Å². The summed E-state index contributed by atoms with van der Waals surface area (Å²) in [4.78, 5) is 0. The highest BCUT2D eigenvalue weighted by Gasteiger charge is 2.30. The smallest absolute Gasteiger partial charge is 0.0622 e. The lowest BCUT2D eigenvalue weighted by Gasteiger charge is -2.22. The summed E-state index contributed by atoms with van der Waals surface area (Å²) in [5.74, 6) is 3.40. The van der Waals surface area contributed by atoms with Crippen molar-refractivity contribution in [1.82, 2.24) is 0 Å². The van der Waals surface area contributed by atoms with Crippen molar-refractivity contribution in [3.63, 3.8) is 0 Å². The third-order valence-corrected chi connectivity index (χ3v) is 2.46. The molecule has 0 aromatic carbocycles. The van der Waals surface area contributed by atoms with Gasteiger partial charge < -0.3 is 5.11 Å². The molecule has 0 heterocycles. The average Bonchev–Trinajstić information content (AvgIpc) is 2.71. The molecule has 1 saturated carbocycles. The van der Waals surface area contributed by atoms with Gasteiger partial charge in [-0.1, -0.05) is 12.8 Å². The highest BCUT2D eigenvalue weighted by atomic mass is 16.3. The summed E-state index contributed by atoms with van der Waals surface area (Å²) < 4.78 is 0. The maximum absolute atomic E-state index is 9.88. The van der Waals surface area contributed by atoms with Crippen LogP contribution in [-0.2, 0) is 0 Å². The lowest BCUT2D eigenvalue weighted by molar-refractivity contribution is 0.0348. The van der Waals surface area contributed by atoms with Gasteiger partial charge in [-0.3, -0.25) is 0 Å². The Morgan fingerprint density at radius 2 is 2.25 bits per heavy atom. The van der Waals surface area contributed by atoms with Gasteiger partial charge in [0.1, 0.15) is 0 Å². The van der Waals surface area contributed by atoms with Crippen LogP contribution in [0.1, 0.15) is 45.4 Å². The van der Waals surface area contributed by atoms with E-state index in [0.29, 0.717) is 0 Å². The fourth-order valence-electron chi connectivity index (χ4n) is 1.62. The van der Waals surface area contributed by atoms with Crippen molar-refractivity contribution in [3.05, 3.63) is 0 Å². The Hall–Kier alpha value is -0.480. The van der Waals surface area contributed by atoms with E-state index in [0.717, 1.165) is 31.6 Å². The minimum absolute atomic E-state index is 0.460. The van der Waals surface area contributed by atoms with Crippen molar-refractivity contribution in [3.8, 4) is 12.3 Å². The van der Waals surface area contributed by atoms with E-state index in [2.05, 4.69) is 5.92 Å². The van der Waals surface area contributed by atoms with Gasteiger partial charge in [0.2, 0.25) is 0 Å². The molecule has 0 aromatic rings. The van der Waals surface area contributed by atoms with Crippen LogP contribution in [0.25, 0.3) is 0 Å². The molecule has 1 heteroatoms. The van der Waals surface area contributed by atoms with Crippen molar-refractivity contribution in [1.29, 1.82) is 0 Å². The van der Waals surface area contributed by atoms with Gasteiger partial charge in [-0.2, -0.15) is 0 Å². The van der Waals surface area contributed by atoms with Gasteiger partial charge in [0.25, 0.3) is 0 Å². The van der Waals surface area contributed by atoms with Crippen LogP contribution < -0.4 is 0 Å². The maximum Gasteiger partial charge on any atom is 0.0622 e. The number of hydrogen-bond acceptors (Lipinski definition) is 1. The van der Waals surface area contributed by atoms with Crippen LogP contribution in [0, 0.1) is 18.3 Å². The van der Waals surface area contributed by atoms with Gasteiger partial charge in [0.05, 0.1) is 5.60 Å². The predicted molar refractivity (Wildman–Crippen MR) is 50.6 cm³/mol. The van der Waals surface area contributed by atoms with Gasteiger partial charge in [-0.15, -0.1) is 12.3 Å². The number of unbranched alkanes of at least 4 members (excludes halogenated alkanes) is 1. The number of terminal acetylenes is 1. The molecule has 68 valence electrons. The van der Waals surface area contributed by atoms with Gasteiger partial charge in [0, 0.05) is 6.42 Å². The van der Waals surface area contributed by atoms with Crippen LogP contribution in [0.15, 0.2) is 0 Å². The number of aliphatic hydroxyl groups is 1. The third kappa shape index (κ3) is 3.78. The van der Waals surface area contributed by atoms with E-state index in [4.69, 9.17) is 6.42 Å². The SMILES string of the molecule is C#CCCCC(C)(O)CC1CC1. The first kappa shape index (κ1) is 9.61. The molecule has 0 spiro atoms.